The van der Waals surface area contributed by atoms with Crippen molar-refractivity contribution < 1.29 is 59.5 Å². The molecular weight excluding hydrogens is 648 g/mol. The first-order chi connectivity index (χ1) is 22.9. The number of allylic oxidation sites excluding steroid dienone is 1. The van der Waals surface area contributed by atoms with Gasteiger partial charge in [0.25, 0.3) is 0 Å². The van der Waals surface area contributed by atoms with E-state index in [2.05, 4.69) is 26.8 Å². The van der Waals surface area contributed by atoms with E-state index >= 15 is 0 Å². The Kier molecular flexibility index (Phi) is 10.2. The molecule has 0 aromatic carbocycles. The molecule has 12 nitrogen and oxygen atoms in total. The zero-order valence-corrected chi connectivity index (χ0v) is 31.0. The number of fused-ring (bicyclic) bond motifs is 5. The van der Waals surface area contributed by atoms with Gasteiger partial charge in [0.1, 0.15) is 35.6 Å². The van der Waals surface area contributed by atoms with E-state index in [0.717, 1.165) is 5.57 Å². The lowest BCUT2D eigenvalue weighted by Gasteiger charge is -2.66. The molecule has 7 N–H and O–H groups in total. The highest BCUT2D eigenvalue weighted by molar-refractivity contribution is 5.97. The Morgan fingerprint density at radius 2 is 1.62 bits per heavy atom. The van der Waals surface area contributed by atoms with Crippen molar-refractivity contribution in [3.8, 4) is 0 Å². The van der Waals surface area contributed by atoms with Crippen LogP contribution in [0.1, 0.15) is 94.4 Å². The van der Waals surface area contributed by atoms with Gasteiger partial charge in [0.05, 0.1) is 24.9 Å². The van der Waals surface area contributed by atoms with Crippen LogP contribution in [0.25, 0.3) is 0 Å². The van der Waals surface area contributed by atoms with E-state index in [4.69, 9.17) is 14.2 Å². The number of esters is 1. The number of aliphatic hydroxyl groups is 7. The van der Waals surface area contributed by atoms with Crippen LogP contribution in [0.2, 0.25) is 0 Å². The first-order valence-corrected chi connectivity index (χ1v) is 18.1. The summed E-state index contributed by atoms with van der Waals surface area (Å²) in [6, 6.07) is 0. The van der Waals surface area contributed by atoms with Gasteiger partial charge in [-0.25, -0.2) is 0 Å². The SMILES string of the molecule is CC(=O)OC(C)(C)/C=C\C(=O)[C@](C)(O)[C@H]1[C@H](O)C[C@@]2(C)[C@@H]3CC=C4[C@@H](C[C@H](O[C@@H]5O[C@H](CO)[C@@H](O)[C@@H](O)[C@H]5O)[C@H](O)C4(C)C)[C@]3(C)CC[C@]12C. The summed E-state index contributed by atoms with van der Waals surface area (Å²) in [6.07, 6.45) is -2.30. The fourth-order valence-corrected chi connectivity index (χ4v) is 11.3. The molecule has 0 amide bonds. The summed E-state index contributed by atoms with van der Waals surface area (Å²) in [5.41, 5.74) is -4.03. The van der Waals surface area contributed by atoms with Gasteiger partial charge >= 0.3 is 5.97 Å². The van der Waals surface area contributed by atoms with Crippen LogP contribution in [0.4, 0.5) is 0 Å². The van der Waals surface area contributed by atoms with Gasteiger partial charge in [-0.3, -0.25) is 9.59 Å². The molecule has 50 heavy (non-hydrogen) atoms. The average molecular weight is 709 g/mol. The molecule has 0 spiro atoms. The molecule has 5 rings (SSSR count). The maximum Gasteiger partial charge on any atom is 0.303 e. The lowest BCUT2D eigenvalue weighted by atomic mass is 9.38. The van der Waals surface area contributed by atoms with Crippen molar-refractivity contribution in [2.75, 3.05) is 6.61 Å². The molecule has 0 aromatic heterocycles. The molecule has 5 aliphatic rings. The molecule has 1 saturated heterocycles. The third kappa shape index (κ3) is 6.04. The minimum absolute atomic E-state index is 0.0328. The smallest absolute Gasteiger partial charge is 0.303 e. The number of ether oxygens (including phenoxy) is 3. The number of hydrogen-bond acceptors (Lipinski definition) is 12. The van der Waals surface area contributed by atoms with Crippen LogP contribution in [0.5, 0.6) is 0 Å². The largest absolute Gasteiger partial charge is 0.456 e. The molecule has 1 heterocycles. The Balaban J connectivity index is 1.44. The molecule has 12 heteroatoms. The van der Waals surface area contributed by atoms with Crippen LogP contribution in [-0.2, 0) is 23.8 Å². The predicted octanol–water partition coefficient (Wildman–Crippen LogP) is 1.94. The van der Waals surface area contributed by atoms with Crippen LogP contribution >= 0.6 is 0 Å². The van der Waals surface area contributed by atoms with E-state index in [9.17, 15) is 45.3 Å². The van der Waals surface area contributed by atoms with Crippen LogP contribution < -0.4 is 0 Å². The molecule has 0 bridgehead atoms. The highest BCUT2D eigenvalue weighted by atomic mass is 16.7. The second-order valence-electron chi connectivity index (χ2n) is 17.9. The van der Waals surface area contributed by atoms with Crippen molar-refractivity contribution in [3.63, 3.8) is 0 Å². The van der Waals surface area contributed by atoms with Gasteiger partial charge in [-0.2, -0.15) is 0 Å². The van der Waals surface area contributed by atoms with E-state index < -0.39 is 101 Å². The summed E-state index contributed by atoms with van der Waals surface area (Å²) in [5.74, 6) is -1.87. The first kappa shape index (κ1) is 39.5. The maximum atomic E-state index is 13.7. The number of ketones is 1. The Hall–Kier alpha value is -1.74. The zero-order valence-electron chi connectivity index (χ0n) is 31.0. The van der Waals surface area contributed by atoms with Crippen LogP contribution in [-0.4, -0.2) is 114 Å². The van der Waals surface area contributed by atoms with Crippen LogP contribution in [0.15, 0.2) is 23.8 Å². The Morgan fingerprint density at radius 3 is 2.22 bits per heavy atom. The molecule has 4 aliphatic carbocycles. The summed E-state index contributed by atoms with van der Waals surface area (Å²) in [5, 5.41) is 76.5. The van der Waals surface area contributed by atoms with E-state index in [1.54, 1.807) is 13.8 Å². The van der Waals surface area contributed by atoms with Crippen molar-refractivity contribution in [2.45, 2.75) is 155 Å². The third-order valence-electron chi connectivity index (χ3n) is 14.1. The third-order valence-corrected chi connectivity index (χ3v) is 14.1. The lowest BCUT2D eigenvalue weighted by Crippen LogP contribution is -2.64. The molecule has 3 saturated carbocycles. The number of hydrogen-bond donors (Lipinski definition) is 7. The highest BCUT2D eigenvalue weighted by Gasteiger charge is 2.72. The number of rotatable bonds is 8. The van der Waals surface area contributed by atoms with Crippen molar-refractivity contribution in [3.05, 3.63) is 23.8 Å². The van der Waals surface area contributed by atoms with Crippen molar-refractivity contribution in [1.29, 1.82) is 0 Å². The van der Waals surface area contributed by atoms with Gasteiger partial charge in [0.15, 0.2) is 12.1 Å². The second kappa shape index (κ2) is 13.0. The van der Waals surface area contributed by atoms with Gasteiger partial charge in [-0.05, 0) is 93.1 Å². The van der Waals surface area contributed by atoms with Gasteiger partial charge in [0.2, 0.25) is 0 Å². The summed E-state index contributed by atoms with van der Waals surface area (Å²) >= 11 is 0. The minimum atomic E-state index is -1.90. The Labute approximate surface area is 295 Å². The molecule has 0 unspecified atom stereocenters. The molecule has 284 valence electrons. The van der Waals surface area contributed by atoms with E-state index in [1.807, 2.05) is 13.8 Å². The molecule has 4 fully saturated rings. The second-order valence-corrected chi connectivity index (χ2v) is 17.9. The fourth-order valence-electron chi connectivity index (χ4n) is 11.3. The number of carbonyl (C=O) groups is 2. The normalized spacial score (nSPS) is 47.0. The molecule has 0 radical (unpaired) electrons. The van der Waals surface area contributed by atoms with Gasteiger partial charge < -0.3 is 50.0 Å². The topological polar surface area (TPSA) is 203 Å². The highest BCUT2D eigenvalue weighted by Crippen LogP contribution is 2.75. The number of aliphatic hydroxyl groups excluding tert-OH is 6. The predicted molar refractivity (Wildman–Crippen MR) is 181 cm³/mol. The van der Waals surface area contributed by atoms with Gasteiger partial charge in [0, 0.05) is 18.3 Å². The maximum absolute atomic E-state index is 13.7. The Morgan fingerprint density at radius 1 is 0.980 bits per heavy atom. The van der Waals surface area contributed by atoms with Crippen LogP contribution in [0, 0.1) is 39.4 Å². The van der Waals surface area contributed by atoms with Crippen molar-refractivity contribution >= 4 is 11.8 Å². The molecule has 15 atom stereocenters. The summed E-state index contributed by atoms with van der Waals surface area (Å²) in [6.45, 7) is 15.9. The first-order valence-electron chi connectivity index (χ1n) is 18.1. The number of carbonyl (C=O) groups excluding carboxylic acids is 2. The summed E-state index contributed by atoms with van der Waals surface area (Å²) in [4.78, 5) is 25.2. The summed E-state index contributed by atoms with van der Waals surface area (Å²) in [7, 11) is 0. The molecule has 0 aromatic rings. The fraction of sp³-hybridized carbons (Fsp3) is 0.842. The minimum Gasteiger partial charge on any atom is -0.456 e. The summed E-state index contributed by atoms with van der Waals surface area (Å²) < 4.78 is 17.2. The van der Waals surface area contributed by atoms with E-state index in [-0.39, 0.29) is 17.3 Å². The monoisotopic (exact) mass is 708 g/mol. The van der Waals surface area contributed by atoms with Gasteiger partial charge in [-0.1, -0.05) is 46.3 Å². The Bertz CT molecular complexity index is 1390. The average Bonchev–Trinajstić information content (AvgIpc) is 3.23. The van der Waals surface area contributed by atoms with E-state index in [0.29, 0.717) is 32.1 Å². The van der Waals surface area contributed by atoms with E-state index in [1.165, 1.54) is 26.0 Å². The standard InChI is InChI=1S/C38H60O12/c1-19(40)50-33(2,3)13-12-26(42)38(9,47)30-22(41)17-37(8)25-11-10-20-21(35(25,6)14-15-36(30,37)7)16-23(31(46)34(20,4)5)48-32-29(45)28(44)27(43)24(18-39)49-32/h10,12-13,21-25,27-32,39,41,43-47H,11,14-18H2,1-9H3/b13-12-/t21-,22-,23+,24-,25-,27-,28-,29-,30+,31+,32-,35+,36-,37+,38+/m1/s1. The quantitative estimate of drug-likeness (QED) is 0.110. The van der Waals surface area contributed by atoms with Gasteiger partial charge in [-0.15, -0.1) is 0 Å². The van der Waals surface area contributed by atoms with Crippen molar-refractivity contribution in [1.82, 2.24) is 0 Å². The van der Waals surface area contributed by atoms with Crippen molar-refractivity contribution in [2.24, 2.45) is 39.4 Å². The zero-order chi connectivity index (χ0) is 37.6. The molecular formula is C38H60O12. The molecule has 1 aliphatic heterocycles. The van der Waals surface area contributed by atoms with Crippen LogP contribution in [0.3, 0.4) is 0 Å². The lowest BCUT2D eigenvalue weighted by molar-refractivity contribution is -0.324.